The molecule has 2 fully saturated rings. The third kappa shape index (κ3) is 2.24. The highest BCUT2D eigenvalue weighted by molar-refractivity contribution is 5.08. The highest BCUT2D eigenvalue weighted by Gasteiger charge is 2.61. The van der Waals surface area contributed by atoms with Crippen LogP contribution < -0.4 is 10.3 Å². The summed E-state index contributed by atoms with van der Waals surface area (Å²) >= 11 is 0. The molecule has 1 aromatic heterocycles. The molecule has 1 aromatic rings. The van der Waals surface area contributed by atoms with Crippen LogP contribution in [0.2, 0.25) is 0 Å². The minimum Gasteiger partial charge on any atom is -0.473 e. The second-order valence-corrected chi connectivity index (χ2v) is 5.94. The van der Waals surface area contributed by atoms with Crippen molar-refractivity contribution in [3.05, 3.63) is 22.7 Å². The zero-order valence-corrected chi connectivity index (χ0v) is 10.7. The topological polar surface area (TPSA) is 44.1 Å². The Bertz CT molecular complexity index is 540. The van der Waals surface area contributed by atoms with Crippen molar-refractivity contribution in [3.63, 3.8) is 0 Å². The van der Waals surface area contributed by atoms with Gasteiger partial charge in [-0.2, -0.15) is 0 Å². The lowest BCUT2D eigenvalue weighted by Crippen LogP contribution is -2.54. The van der Waals surface area contributed by atoms with Crippen LogP contribution in [0.5, 0.6) is 5.88 Å². The summed E-state index contributed by atoms with van der Waals surface area (Å²) in [7, 11) is 1.63. The quantitative estimate of drug-likeness (QED) is 0.843. The number of aryl methyl sites for hydroxylation is 1. The molecule has 4 nitrogen and oxygen atoms in total. The van der Waals surface area contributed by atoms with Crippen LogP contribution >= 0.6 is 0 Å². The monoisotopic (exact) mass is 270 g/mol. The van der Waals surface area contributed by atoms with E-state index in [4.69, 9.17) is 4.74 Å². The Morgan fingerprint density at radius 3 is 2.79 bits per heavy atom. The molecule has 0 aromatic carbocycles. The van der Waals surface area contributed by atoms with Crippen LogP contribution in [0.3, 0.4) is 0 Å². The lowest BCUT2D eigenvalue weighted by Gasteiger charge is -2.57. The summed E-state index contributed by atoms with van der Waals surface area (Å²) < 4.78 is 32.5. The molecule has 19 heavy (non-hydrogen) atoms. The summed E-state index contributed by atoms with van der Waals surface area (Å²) in [5, 5.41) is 0. The Kier molecular flexibility index (Phi) is 2.66. The molecule has 1 spiro atoms. The zero-order chi connectivity index (χ0) is 13.7. The minimum absolute atomic E-state index is 0.0157. The first kappa shape index (κ1) is 12.6. The zero-order valence-electron chi connectivity index (χ0n) is 10.7. The van der Waals surface area contributed by atoms with Crippen molar-refractivity contribution >= 4 is 0 Å². The Balaban J connectivity index is 1.50. The van der Waals surface area contributed by atoms with Gasteiger partial charge >= 0.3 is 5.56 Å². The van der Waals surface area contributed by atoms with E-state index in [1.54, 1.807) is 13.2 Å². The second-order valence-electron chi connectivity index (χ2n) is 5.94. The fourth-order valence-electron chi connectivity index (χ4n) is 3.39. The van der Waals surface area contributed by atoms with Gasteiger partial charge in [0.25, 0.3) is 5.88 Å². The number of aromatic nitrogens is 2. The van der Waals surface area contributed by atoms with E-state index in [0.717, 1.165) is 12.8 Å². The van der Waals surface area contributed by atoms with Crippen LogP contribution in [0, 0.1) is 11.3 Å². The van der Waals surface area contributed by atoms with Gasteiger partial charge in [0, 0.05) is 32.3 Å². The van der Waals surface area contributed by atoms with Crippen LogP contribution in [0.1, 0.15) is 25.7 Å². The number of hydrogen-bond acceptors (Lipinski definition) is 3. The molecule has 2 aliphatic rings. The largest absolute Gasteiger partial charge is 0.473 e. The average molecular weight is 270 g/mol. The van der Waals surface area contributed by atoms with Gasteiger partial charge < -0.3 is 9.30 Å². The molecule has 104 valence electrons. The second kappa shape index (κ2) is 4.02. The predicted octanol–water partition coefficient (Wildman–Crippen LogP) is 1.98. The predicted molar refractivity (Wildman–Crippen MR) is 64.3 cm³/mol. The molecule has 6 heteroatoms. The molecule has 2 saturated carbocycles. The average Bonchev–Trinajstić information content (AvgIpc) is 2.25. The molecule has 0 bridgehead atoms. The normalized spacial score (nSPS) is 23.7. The standard InChI is InChI=1S/C13H16F2N2O2/c1-17-3-2-16-10(11(17)18)19-6-9-4-12(5-9)7-13(14,15)8-12/h2-3,9H,4-8H2,1H3. The van der Waals surface area contributed by atoms with Crippen molar-refractivity contribution in [3.8, 4) is 5.88 Å². The van der Waals surface area contributed by atoms with Crippen LogP contribution in [-0.2, 0) is 7.05 Å². The minimum atomic E-state index is -2.46. The van der Waals surface area contributed by atoms with Gasteiger partial charge in [0.15, 0.2) is 0 Å². The number of rotatable bonds is 3. The number of hydrogen-bond donors (Lipinski definition) is 0. The molecular formula is C13H16F2N2O2. The summed E-state index contributed by atoms with van der Waals surface area (Å²) in [6, 6.07) is 0. The van der Waals surface area contributed by atoms with Gasteiger partial charge in [-0.3, -0.25) is 4.79 Å². The van der Waals surface area contributed by atoms with Gasteiger partial charge in [-0.1, -0.05) is 0 Å². The fourth-order valence-corrected chi connectivity index (χ4v) is 3.39. The number of alkyl halides is 2. The summed E-state index contributed by atoms with van der Waals surface area (Å²) in [5.74, 6) is -2.10. The Morgan fingerprint density at radius 1 is 1.47 bits per heavy atom. The lowest BCUT2D eigenvalue weighted by atomic mass is 9.50. The summed E-state index contributed by atoms with van der Waals surface area (Å²) in [5.41, 5.74) is -0.418. The van der Waals surface area contributed by atoms with E-state index in [2.05, 4.69) is 4.98 Å². The van der Waals surface area contributed by atoms with Gasteiger partial charge in [-0.15, -0.1) is 0 Å². The number of ether oxygens (including phenoxy) is 1. The van der Waals surface area contributed by atoms with Crippen molar-refractivity contribution in [2.45, 2.75) is 31.6 Å². The first-order valence-corrected chi connectivity index (χ1v) is 6.42. The van der Waals surface area contributed by atoms with Crippen LogP contribution in [0.4, 0.5) is 8.78 Å². The Labute approximate surface area is 109 Å². The van der Waals surface area contributed by atoms with E-state index >= 15 is 0 Å². The van der Waals surface area contributed by atoms with Crippen LogP contribution in [0.25, 0.3) is 0 Å². The Hall–Kier alpha value is -1.46. The molecule has 0 amide bonds. The summed E-state index contributed by atoms with van der Waals surface area (Å²) in [6.45, 7) is 0.388. The maximum atomic E-state index is 12.8. The van der Waals surface area contributed by atoms with E-state index in [9.17, 15) is 13.6 Å². The fraction of sp³-hybridized carbons (Fsp3) is 0.692. The van der Waals surface area contributed by atoms with E-state index in [0.29, 0.717) is 6.61 Å². The van der Waals surface area contributed by atoms with Gasteiger partial charge in [-0.25, -0.2) is 13.8 Å². The molecule has 0 atom stereocenters. The molecule has 0 saturated heterocycles. The van der Waals surface area contributed by atoms with Crippen molar-refractivity contribution in [1.29, 1.82) is 0 Å². The third-order valence-corrected chi connectivity index (χ3v) is 4.15. The molecule has 2 aliphatic carbocycles. The molecule has 0 aliphatic heterocycles. The third-order valence-electron chi connectivity index (χ3n) is 4.15. The highest BCUT2D eigenvalue weighted by atomic mass is 19.3. The molecule has 1 heterocycles. The molecule has 3 rings (SSSR count). The van der Waals surface area contributed by atoms with E-state index in [1.807, 2.05) is 0 Å². The van der Waals surface area contributed by atoms with Crippen molar-refractivity contribution in [1.82, 2.24) is 9.55 Å². The first-order chi connectivity index (χ1) is 8.89. The van der Waals surface area contributed by atoms with E-state index < -0.39 is 5.92 Å². The number of halogens is 2. The van der Waals surface area contributed by atoms with Crippen molar-refractivity contribution in [2.75, 3.05) is 6.61 Å². The lowest BCUT2D eigenvalue weighted by molar-refractivity contribution is -0.209. The smallest absolute Gasteiger partial charge is 0.313 e. The van der Waals surface area contributed by atoms with Gasteiger partial charge in [0.1, 0.15) is 0 Å². The molecule has 0 radical (unpaired) electrons. The van der Waals surface area contributed by atoms with Crippen LogP contribution in [0.15, 0.2) is 17.2 Å². The van der Waals surface area contributed by atoms with E-state index in [1.165, 1.54) is 10.8 Å². The summed E-state index contributed by atoms with van der Waals surface area (Å²) in [6.07, 6.45) is 4.64. The highest BCUT2D eigenvalue weighted by Crippen LogP contribution is 2.64. The SMILES string of the molecule is Cn1ccnc(OCC2CC3(C2)CC(F)(F)C3)c1=O. The van der Waals surface area contributed by atoms with Crippen molar-refractivity contribution < 1.29 is 13.5 Å². The number of nitrogens with zero attached hydrogens (tertiary/aromatic N) is 2. The van der Waals surface area contributed by atoms with Gasteiger partial charge in [-0.05, 0) is 24.2 Å². The van der Waals surface area contributed by atoms with Gasteiger partial charge in [0.05, 0.1) is 6.61 Å². The molecular weight excluding hydrogens is 254 g/mol. The van der Waals surface area contributed by atoms with E-state index in [-0.39, 0.29) is 35.6 Å². The maximum absolute atomic E-state index is 12.8. The molecule has 0 unspecified atom stereocenters. The van der Waals surface area contributed by atoms with Crippen molar-refractivity contribution in [2.24, 2.45) is 18.4 Å². The summed E-state index contributed by atoms with van der Waals surface area (Å²) in [4.78, 5) is 15.5. The first-order valence-electron chi connectivity index (χ1n) is 6.42. The maximum Gasteiger partial charge on any atom is 0.313 e. The van der Waals surface area contributed by atoms with Gasteiger partial charge in [0.2, 0.25) is 5.92 Å². The van der Waals surface area contributed by atoms with Crippen LogP contribution in [-0.4, -0.2) is 22.1 Å². The Morgan fingerprint density at radius 2 is 2.16 bits per heavy atom. The molecule has 0 N–H and O–H groups in total.